The Labute approximate surface area is 155 Å². The first-order chi connectivity index (χ1) is 12.8. The summed E-state index contributed by atoms with van der Waals surface area (Å²) in [5, 5.41) is 2.19. The number of esters is 1. The number of aromatic nitrogens is 3. The quantitative estimate of drug-likeness (QED) is 0.675. The van der Waals surface area contributed by atoms with E-state index in [1.165, 1.54) is 31.4 Å². The van der Waals surface area contributed by atoms with E-state index < -0.39 is 26.9 Å². The van der Waals surface area contributed by atoms with Gasteiger partial charge in [-0.3, -0.25) is 5.32 Å². The highest BCUT2D eigenvalue weighted by molar-refractivity contribution is 7.90. The molecule has 2 aromatic rings. The molecule has 2 rings (SSSR count). The van der Waals surface area contributed by atoms with Crippen LogP contribution in [0.1, 0.15) is 23.1 Å². The second-order valence-corrected chi connectivity index (χ2v) is 6.61. The standard InChI is InChI=1S/C15H17N5O6S/c1-4-11-16-13(19-15(17-11)26-3)18-14(22)20-27(23,24)10-8-6-5-7-9(10)12(21)25-2/h5-8H,4H2,1-3H3,(H2,16,17,18,19,20,22). The van der Waals surface area contributed by atoms with Crippen LogP contribution >= 0.6 is 0 Å². The molecule has 0 bridgehead atoms. The van der Waals surface area contributed by atoms with Gasteiger partial charge >= 0.3 is 18.0 Å². The summed E-state index contributed by atoms with van der Waals surface area (Å²) in [6, 6.07) is 4.16. The number of nitrogens with one attached hydrogen (secondary N) is 2. The minimum absolute atomic E-state index is 0.0314. The molecule has 0 aliphatic heterocycles. The number of amides is 2. The van der Waals surface area contributed by atoms with Gasteiger partial charge in [-0.15, -0.1) is 0 Å². The van der Waals surface area contributed by atoms with Crippen LogP contribution in [0.4, 0.5) is 10.7 Å². The molecule has 0 unspecified atom stereocenters. The summed E-state index contributed by atoms with van der Waals surface area (Å²) >= 11 is 0. The van der Waals surface area contributed by atoms with E-state index in [4.69, 9.17) is 4.74 Å². The largest absolute Gasteiger partial charge is 0.467 e. The average Bonchev–Trinajstić information content (AvgIpc) is 2.66. The van der Waals surface area contributed by atoms with E-state index in [1.54, 1.807) is 11.6 Å². The lowest BCUT2D eigenvalue weighted by Gasteiger charge is -2.11. The van der Waals surface area contributed by atoms with Crippen molar-refractivity contribution in [1.29, 1.82) is 0 Å². The molecule has 0 spiro atoms. The van der Waals surface area contributed by atoms with Crippen molar-refractivity contribution < 1.29 is 27.5 Å². The Balaban J connectivity index is 2.24. The predicted molar refractivity (Wildman–Crippen MR) is 92.9 cm³/mol. The zero-order valence-corrected chi connectivity index (χ0v) is 15.5. The number of aryl methyl sites for hydroxylation is 1. The summed E-state index contributed by atoms with van der Waals surface area (Å²) < 4.78 is 36.2. The molecule has 0 atom stereocenters. The third kappa shape index (κ3) is 4.88. The van der Waals surface area contributed by atoms with Gasteiger partial charge in [0.15, 0.2) is 0 Å². The van der Waals surface area contributed by atoms with Crippen molar-refractivity contribution in [1.82, 2.24) is 19.7 Å². The second kappa shape index (κ2) is 8.40. The molecule has 1 aromatic heterocycles. The van der Waals surface area contributed by atoms with Crippen LogP contribution in [0.15, 0.2) is 29.2 Å². The van der Waals surface area contributed by atoms with Crippen LogP contribution in [0.5, 0.6) is 6.01 Å². The minimum atomic E-state index is -4.36. The molecule has 1 aromatic carbocycles. The zero-order valence-electron chi connectivity index (χ0n) is 14.7. The molecule has 2 amide bonds. The number of anilines is 1. The van der Waals surface area contributed by atoms with Crippen molar-refractivity contribution in [3.05, 3.63) is 35.7 Å². The Hall–Kier alpha value is -3.28. The smallest absolute Gasteiger partial charge is 0.339 e. The highest BCUT2D eigenvalue weighted by Gasteiger charge is 2.25. The monoisotopic (exact) mass is 395 g/mol. The summed E-state index contributed by atoms with van der Waals surface area (Å²) in [4.78, 5) is 35.2. The number of ether oxygens (including phenoxy) is 2. The molecule has 0 fully saturated rings. The van der Waals surface area contributed by atoms with Gasteiger partial charge in [-0.05, 0) is 12.1 Å². The van der Waals surface area contributed by atoms with E-state index in [0.717, 1.165) is 7.11 Å². The molecule has 2 N–H and O–H groups in total. The number of nitrogens with zero attached hydrogens (tertiary/aromatic N) is 3. The summed E-state index contributed by atoms with van der Waals surface area (Å²) in [5.74, 6) is -0.699. The SMILES string of the molecule is CCc1nc(NC(=O)NS(=O)(=O)c2ccccc2C(=O)OC)nc(OC)n1. The van der Waals surface area contributed by atoms with Gasteiger partial charge in [0.25, 0.3) is 10.0 Å². The van der Waals surface area contributed by atoms with E-state index in [-0.39, 0.29) is 17.5 Å². The molecule has 0 aliphatic rings. The lowest BCUT2D eigenvalue weighted by Crippen LogP contribution is -2.35. The first-order valence-electron chi connectivity index (χ1n) is 7.60. The first-order valence-corrected chi connectivity index (χ1v) is 9.09. The number of hydrogen-bond acceptors (Lipinski definition) is 9. The normalized spacial score (nSPS) is 10.8. The van der Waals surface area contributed by atoms with Crippen molar-refractivity contribution in [3.63, 3.8) is 0 Å². The number of urea groups is 1. The van der Waals surface area contributed by atoms with Crippen LogP contribution in [0, 0.1) is 0 Å². The molecule has 0 saturated heterocycles. The summed E-state index contributed by atoms with van der Waals surface area (Å²) in [7, 11) is -1.91. The van der Waals surface area contributed by atoms with Crippen molar-refractivity contribution in [3.8, 4) is 6.01 Å². The molecule has 27 heavy (non-hydrogen) atoms. The number of benzene rings is 1. The van der Waals surface area contributed by atoms with Gasteiger partial charge in [-0.25, -0.2) is 22.7 Å². The molecule has 0 aliphatic carbocycles. The van der Waals surface area contributed by atoms with E-state index in [2.05, 4.69) is 25.0 Å². The third-order valence-electron chi connectivity index (χ3n) is 3.19. The highest BCUT2D eigenvalue weighted by Crippen LogP contribution is 2.16. The molecule has 1 heterocycles. The third-order valence-corrected chi connectivity index (χ3v) is 4.58. The van der Waals surface area contributed by atoms with Crippen LogP contribution in [0.25, 0.3) is 0 Å². The number of hydrogen-bond donors (Lipinski definition) is 2. The summed E-state index contributed by atoms with van der Waals surface area (Å²) in [6.07, 6.45) is 0.444. The first kappa shape index (κ1) is 20.0. The number of rotatable bonds is 6. The Morgan fingerprint density at radius 3 is 2.44 bits per heavy atom. The average molecular weight is 395 g/mol. The van der Waals surface area contributed by atoms with Crippen molar-refractivity contribution in [2.24, 2.45) is 0 Å². The maximum atomic E-state index is 12.5. The lowest BCUT2D eigenvalue weighted by atomic mass is 10.2. The number of carbonyl (C=O) groups is 2. The maximum absolute atomic E-state index is 12.5. The van der Waals surface area contributed by atoms with E-state index in [9.17, 15) is 18.0 Å². The van der Waals surface area contributed by atoms with Crippen molar-refractivity contribution in [2.75, 3.05) is 19.5 Å². The summed E-state index contributed by atoms with van der Waals surface area (Å²) in [5.41, 5.74) is -0.213. The molecule has 144 valence electrons. The van der Waals surface area contributed by atoms with Crippen molar-refractivity contribution in [2.45, 2.75) is 18.2 Å². The zero-order chi connectivity index (χ0) is 20.0. The van der Waals surface area contributed by atoms with E-state index >= 15 is 0 Å². The highest BCUT2D eigenvalue weighted by atomic mass is 32.2. The molecule has 0 radical (unpaired) electrons. The number of methoxy groups -OCH3 is 2. The van der Waals surface area contributed by atoms with Crippen molar-refractivity contribution >= 4 is 28.0 Å². The van der Waals surface area contributed by atoms with Gasteiger partial charge < -0.3 is 9.47 Å². The maximum Gasteiger partial charge on any atom is 0.339 e. The number of sulfonamides is 1. The van der Waals surface area contributed by atoms with Gasteiger partial charge in [0, 0.05) is 6.42 Å². The Bertz CT molecular complexity index is 941. The van der Waals surface area contributed by atoms with Crippen LogP contribution in [0.3, 0.4) is 0 Å². The molecule has 12 heteroatoms. The van der Waals surface area contributed by atoms with Gasteiger partial charge in [0.1, 0.15) is 10.7 Å². The van der Waals surface area contributed by atoms with Gasteiger partial charge in [-0.1, -0.05) is 19.1 Å². The molecule has 11 nitrogen and oxygen atoms in total. The fourth-order valence-corrected chi connectivity index (χ4v) is 3.09. The molecular formula is C15H17N5O6S. The van der Waals surface area contributed by atoms with Crippen LogP contribution in [-0.4, -0.2) is 49.6 Å². The molecular weight excluding hydrogens is 378 g/mol. The Kier molecular flexibility index (Phi) is 6.23. The van der Waals surface area contributed by atoms with Gasteiger partial charge in [0.05, 0.1) is 19.8 Å². The second-order valence-electron chi connectivity index (χ2n) is 4.96. The topological polar surface area (TPSA) is 149 Å². The van der Waals surface area contributed by atoms with Gasteiger partial charge in [0.2, 0.25) is 5.95 Å². The summed E-state index contributed by atoms with van der Waals surface area (Å²) in [6.45, 7) is 1.78. The fourth-order valence-electron chi connectivity index (χ4n) is 1.99. The van der Waals surface area contributed by atoms with Gasteiger partial charge in [-0.2, -0.15) is 15.0 Å². The lowest BCUT2D eigenvalue weighted by molar-refractivity contribution is 0.0596. The Morgan fingerprint density at radius 2 is 1.81 bits per heavy atom. The Morgan fingerprint density at radius 1 is 1.11 bits per heavy atom. The van der Waals surface area contributed by atoms with Crippen LogP contribution in [0.2, 0.25) is 0 Å². The number of carbonyl (C=O) groups excluding carboxylic acids is 2. The molecule has 0 saturated carbocycles. The van der Waals surface area contributed by atoms with E-state index in [1.807, 2.05) is 0 Å². The van der Waals surface area contributed by atoms with E-state index in [0.29, 0.717) is 12.2 Å². The fraction of sp³-hybridized carbons (Fsp3) is 0.267. The predicted octanol–water partition coefficient (Wildman–Crippen LogP) is 0.740. The minimum Gasteiger partial charge on any atom is -0.467 e. The van der Waals surface area contributed by atoms with Crippen LogP contribution < -0.4 is 14.8 Å². The van der Waals surface area contributed by atoms with Crippen LogP contribution in [-0.2, 0) is 21.2 Å².